The third-order valence-corrected chi connectivity index (χ3v) is 3.80. The predicted octanol–water partition coefficient (Wildman–Crippen LogP) is 3.29. The smallest absolute Gasteiger partial charge is 0.0410 e. The molecule has 2 rings (SSSR count). The standard InChI is InChI=1S/C13H19BrN2/c14-12-5-11(8-16-9-12)7-13(15)6-10-3-1-2-4-10/h5,8-10,13H,1-4,6-7,15H2. The molecule has 0 radical (unpaired) electrons. The van der Waals surface area contributed by atoms with Gasteiger partial charge in [0.2, 0.25) is 0 Å². The fourth-order valence-electron chi connectivity index (χ4n) is 2.63. The Bertz CT molecular complexity index is 334. The molecule has 1 atom stereocenters. The van der Waals surface area contributed by atoms with Crippen molar-refractivity contribution in [3.63, 3.8) is 0 Å². The second-order valence-electron chi connectivity index (χ2n) is 4.86. The topological polar surface area (TPSA) is 38.9 Å². The highest BCUT2D eigenvalue weighted by Crippen LogP contribution is 2.28. The Morgan fingerprint density at radius 1 is 1.38 bits per heavy atom. The van der Waals surface area contributed by atoms with E-state index in [1.54, 1.807) is 0 Å². The Hall–Kier alpha value is -0.410. The molecule has 1 aliphatic rings. The summed E-state index contributed by atoms with van der Waals surface area (Å²) in [5.41, 5.74) is 7.43. The van der Waals surface area contributed by atoms with E-state index in [2.05, 4.69) is 27.0 Å². The minimum Gasteiger partial charge on any atom is -0.327 e. The molecule has 3 heteroatoms. The lowest BCUT2D eigenvalue weighted by atomic mass is 9.95. The third kappa shape index (κ3) is 3.56. The summed E-state index contributed by atoms with van der Waals surface area (Å²) in [5, 5.41) is 0. The van der Waals surface area contributed by atoms with Crippen LogP contribution in [-0.2, 0) is 6.42 Å². The highest BCUT2D eigenvalue weighted by atomic mass is 79.9. The first-order valence-corrected chi connectivity index (χ1v) is 6.88. The average Bonchev–Trinajstić information content (AvgIpc) is 2.70. The molecule has 1 unspecified atom stereocenters. The van der Waals surface area contributed by atoms with Gasteiger partial charge in [0.25, 0.3) is 0 Å². The second-order valence-corrected chi connectivity index (χ2v) is 5.78. The summed E-state index contributed by atoms with van der Waals surface area (Å²) < 4.78 is 1.04. The van der Waals surface area contributed by atoms with Crippen LogP contribution in [0.15, 0.2) is 22.9 Å². The van der Waals surface area contributed by atoms with Gasteiger partial charge >= 0.3 is 0 Å². The van der Waals surface area contributed by atoms with Gasteiger partial charge in [0.1, 0.15) is 0 Å². The van der Waals surface area contributed by atoms with E-state index in [1.165, 1.54) is 37.7 Å². The molecule has 1 aliphatic carbocycles. The second kappa shape index (κ2) is 5.78. The summed E-state index contributed by atoms with van der Waals surface area (Å²) in [7, 11) is 0. The summed E-state index contributed by atoms with van der Waals surface area (Å²) in [5.74, 6) is 0.870. The number of nitrogens with zero attached hydrogens (tertiary/aromatic N) is 1. The molecular formula is C13H19BrN2. The molecule has 2 N–H and O–H groups in total. The first-order chi connectivity index (χ1) is 7.74. The number of aromatic nitrogens is 1. The van der Waals surface area contributed by atoms with Crippen LogP contribution in [0.25, 0.3) is 0 Å². The van der Waals surface area contributed by atoms with E-state index in [9.17, 15) is 0 Å². The van der Waals surface area contributed by atoms with Crippen molar-refractivity contribution in [2.75, 3.05) is 0 Å². The van der Waals surface area contributed by atoms with Gasteiger partial charge in [-0.25, -0.2) is 0 Å². The Kier molecular flexibility index (Phi) is 4.36. The van der Waals surface area contributed by atoms with E-state index in [-0.39, 0.29) is 0 Å². The maximum absolute atomic E-state index is 6.19. The molecule has 2 nitrogen and oxygen atoms in total. The monoisotopic (exact) mass is 282 g/mol. The molecule has 1 fully saturated rings. The molecule has 16 heavy (non-hydrogen) atoms. The SMILES string of the molecule is NC(Cc1cncc(Br)c1)CC1CCCC1. The fraction of sp³-hybridized carbons (Fsp3) is 0.615. The number of rotatable bonds is 4. The van der Waals surface area contributed by atoms with Crippen molar-refractivity contribution in [2.45, 2.75) is 44.6 Å². The molecular weight excluding hydrogens is 264 g/mol. The van der Waals surface area contributed by atoms with E-state index in [0.29, 0.717) is 6.04 Å². The molecule has 0 amide bonds. The summed E-state index contributed by atoms with van der Waals surface area (Å²) >= 11 is 3.44. The van der Waals surface area contributed by atoms with E-state index in [0.717, 1.165) is 16.8 Å². The average molecular weight is 283 g/mol. The van der Waals surface area contributed by atoms with Gasteiger partial charge in [0.15, 0.2) is 0 Å². The van der Waals surface area contributed by atoms with Gasteiger partial charge in [0.05, 0.1) is 0 Å². The zero-order chi connectivity index (χ0) is 11.4. The molecule has 88 valence electrons. The first-order valence-electron chi connectivity index (χ1n) is 6.09. The summed E-state index contributed by atoms with van der Waals surface area (Å²) in [6.45, 7) is 0. The normalized spacial score (nSPS) is 18.9. The minimum absolute atomic E-state index is 0.291. The molecule has 0 spiro atoms. The maximum Gasteiger partial charge on any atom is 0.0410 e. The zero-order valence-corrected chi connectivity index (χ0v) is 11.1. The van der Waals surface area contributed by atoms with Gasteiger partial charge in [-0.05, 0) is 46.3 Å². The third-order valence-electron chi connectivity index (χ3n) is 3.37. The van der Waals surface area contributed by atoms with Gasteiger partial charge in [-0.3, -0.25) is 4.98 Å². The van der Waals surface area contributed by atoms with Gasteiger partial charge in [-0.15, -0.1) is 0 Å². The van der Waals surface area contributed by atoms with Crippen molar-refractivity contribution < 1.29 is 0 Å². The molecule has 0 bridgehead atoms. The summed E-state index contributed by atoms with van der Waals surface area (Å²) in [6.07, 6.45) is 11.4. The molecule has 1 heterocycles. The quantitative estimate of drug-likeness (QED) is 0.920. The number of hydrogen-bond donors (Lipinski definition) is 1. The van der Waals surface area contributed by atoms with Crippen molar-refractivity contribution in [1.82, 2.24) is 4.98 Å². The molecule has 0 aromatic carbocycles. The van der Waals surface area contributed by atoms with E-state index in [1.807, 2.05) is 12.4 Å². The lowest BCUT2D eigenvalue weighted by Crippen LogP contribution is -2.25. The van der Waals surface area contributed by atoms with Crippen LogP contribution in [0, 0.1) is 5.92 Å². The number of pyridine rings is 1. The van der Waals surface area contributed by atoms with Crippen molar-refractivity contribution in [1.29, 1.82) is 0 Å². The lowest BCUT2D eigenvalue weighted by molar-refractivity contribution is 0.440. The highest BCUT2D eigenvalue weighted by molar-refractivity contribution is 9.10. The number of halogens is 1. The van der Waals surface area contributed by atoms with Crippen LogP contribution in [0.1, 0.15) is 37.7 Å². The van der Waals surface area contributed by atoms with Gasteiger partial charge < -0.3 is 5.73 Å². The van der Waals surface area contributed by atoms with Gasteiger partial charge in [0, 0.05) is 22.9 Å². The minimum atomic E-state index is 0.291. The van der Waals surface area contributed by atoms with E-state index in [4.69, 9.17) is 5.73 Å². The number of hydrogen-bond acceptors (Lipinski definition) is 2. The Morgan fingerprint density at radius 2 is 2.12 bits per heavy atom. The predicted molar refractivity (Wildman–Crippen MR) is 70.2 cm³/mol. The van der Waals surface area contributed by atoms with Crippen molar-refractivity contribution >= 4 is 15.9 Å². The van der Waals surface area contributed by atoms with Crippen molar-refractivity contribution in [3.8, 4) is 0 Å². The highest BCUT2D eigenvalue weighted by Gasteiger charge is 2.18. The summed E-state index contributed by atoms with van der Waals surface area (Å²) in [4.78, 5) is 4.17. The fourth-order valence-corrected chi connectivity index (χ4v) is 3.04. The Morgan fingerprint density at radius 3 is 2.81 bits per heavy atom. The van der Waals surface area contributed by atoms with Crippen LogP contribution in [0.4, 0.5) is 0 Å². The van der Waals surface area contributed by atoms with Crippen LogP contribution in [-0.4, -0.2) is 11.0 Å². The summed E-state index contributed by atoms with van der Waals surface area (Å²) in [6, 6.07) is 2.40. The van der Waals surface area contributed by atoms with Gasteiger partial charge in [-0.2, -0.15) is 0 Å². The largest absolute Gasteiger partial charge is 0.327 e. The van der Waals surface area contributed by atoms with Crippen LogP contribution in [0.5, 0.6) is 0 Å². The first kappa shape index (κ1) is 12.1. The van der Waals surface area contributed by atoms with Crippen LogP contribution in [0.2, 0.25) is 0 Å². The van der Waals surface area contributed by atoms with Crippen LogP contribution in [0.3, 0.4) is 0 Å². The molecule has 0 aliphatic heterocycles. The Labute approximate surface area is 106 Å². The van der Waals surface area contributed by atoms with Crippen molar-refractivity contribution in [3.05, 3.63) is 28.5 Å². The van der Waals surface area contributed by atoms with E-state index >= 15 is 0 Å². The van der Waals surface area contributed by atoms with Crippen LogP contribution < -0.4 is 5.73 Å². The number of nitrogens with two attached hydrogens (primary N) is 1. The lowest BCUT2D eigenvalue weighted by Gasteiger charge is -2.16. The Balaban J connectivity index is 1.84. The van der Waals surface area contributed by atoms with Gasteiger partial charge in [-0.1, -0.05) is 25.7 Å². The van der Waals surface area contributed by atoms with E-state index < -0.39 is 0 Å². The zero-order valence-electron chi connectivity index (χ0n) is 9.53. The molecule has 1 saturated carbocycles. The molecule has 0 saturated heterocycles. The van der Waals surface area contributed by atoms with Crippen LogP contribution >= 0.6 is 15.9 Å². The molecule has 1 aromatic rings. The molecule has 1 aromatic heterocycles. The maximum atomic E-state index is 6.19. The van der Waals surface area contributed by atoms with Crippen molar-refractivity contribution in [2.24, 2.45) is 11.7 Å².